The summed E-state index contributed by atoms with van der Waals surface area (Å²) in [7, 11) is 1.90. The molecule has 6 heteroatoms. The minimum atomic E-state index is -1.10. The Morgan fingerprint density at radius 1 is 1.15 bits per heavy atom. The fourth-order valence-corrected chi connectivity index (χ4v) is 3.02. The second-order valence-electron chi connectivity index (χ2n) is 6.28. The zero-order chi connectivity index (χ0) is 19.4. The maximum atomic E-state index is 12.2. The molecule has 0 radical (unpaired) electrons. The number of phenolic OH excluding ortho intramolecular Hbond substituents is 1. The Morgan fingerprint density at radius 2 is 1.85 bits per heavy atom. The van der Waals surface area contributed by atoms with Crippen molar-refractivity contribution in [3.63, 3.8) is 0 Å². The van der Waals surface area contributed by atoms with Crippen LogP contribution in [0.1, 0.15) is 11.1 Å². The number of carbonyl (C=O) groups is 2. The molecule has 0 fully saturated rings. The lowest BCUT2D eigenvalue weighted by Gasteiger charge is -2.13. The Bertz CT molecular complexity index is 1020. The van der Waals surface area contributed by atoms with Crippen LogP contribution in [0, 0.1) is 0 Å². The van der Waals surface area contributed by atoms with Crippen LogP contribution in [-0.2, 0) is 23.1 Å². The molecule has 3 N–H and O–H groups in total. The molecule has 0 unspecified atom stereocenters. The van der Waals surface area contributed by atoms with E-state index in [-0.39, 0.29) is 12.2 Å². The summed E-state index contributed by atoms with van der Waals surface area (Å²) in [5, 5.41) is 22.7. The highest BCUT2D eigenvalue weighted by molar-refractivity contribution is 5.95. The Labute approximate surface area is 156 Å². The molecular formula is C21H20N2O4. The monoisotopic (exact) mass is 364 g/mol. The topological polar surface area (TPSA) is 91.6 Å². The maximum absolute atomic E-state index is 12.2. The Balaban J connectivity index is 1.75. The fourth-order valence-electron chi connectivity index (χ4n) is 3.02. The Kier molecular flexibility index (Phi) is 5.26. The average molecular weight is 364 g/mol. The molecule has 1 heterocycles. The van der Waals surface area contributed by atoms with Crippen molar-refractivity contribution in [2.24, 2.45) is 7.05 Å². The van der Waals surface area contributed by atoms with Gasteiger partial charge in [0, 0.05) is 42.2 Å². The predicted octanol–water partition coefficient (Wildman–Crippen LogP) is 2.71. The number of phenols is 1. The van der Waals surface area contributed by atoms with Crippen LogP contribution < -0.4 is 5.32 Å². The number of hydrogen-bond donors (Lipinski definition) is 3. The number of hydrogen-bond acceptors (Lipinski definition) is 3. The number of nitrogens with zero attached hydrogens (tertiary/aromatic N) is 1. The van der Waals surface area contributed by atoms with Gasteiger partial charge in [0.25, 0.3) is 0 Å². The number of aliphatic carboxylic acids is 1. The number of rotatable bonds is 6. The normalized spacial score (nSPS) is 12.3. The van der Waals surface area contributed by atoms with Crippen LogP contribution in [0.25, 0.3) is 17.0 Å². The summed E-state index contributed by atoms with van der Waals surface area (Å²) >= 11 is 0. The number of amides is 1. The maximum Gasteiger partial charge on any atom is 0.326 e. The van der Waals surface area contributed by atoms with Gasteiger partial charge in [0.05, 0.1) is 0 Å². The summed E-state index contributed by atoms with van der Waals surface area (Å²) in [6.45, 7) is 0. The van der Waals surface area contributed by atoms with Crippen molar-refractivity contribution < 1.29 is 19.8 Å². The van der Waals surface area contributed by atoms with Crippen LogP contribution in [-0.4, -0.2) is 32.7 Å². The molecule has 0 saturated heterocycles. The summed E-state index contributed by atoms with van der Waals surface area (Å²) in [6.07, 6.45) is 4.72. The molecule has 0 bridgehead atoms. The lowest BCUT2D eigenvalue weighted by Crippen LogP contribution is -2.41. The first kappa shape index (κ1) is 18.3. The number of para-hydroxylation sites is 2. The first-order valence-corrected chi connectivity index (χ1v) is 8.48. The second-order valence-corrected chi connectivity index (χ2v) is 6.28. The van der Waals surface area contributed by atoms with Gasteiger partial charge in [-0.1, -0.05) is 36.4 Å². The molecule has 27 heavy (non-hydrogen) atoms. The highest BCUT2D eigenvalue weighted by Crippen LogP contribution is 2.22. The number of aromatic hydroxyl groups is 1. The summed E-state index contributed by atoms with van der Waals surface area (Å²) < 4.78 is 1.93. The number of fused-ring (bicyclic) bond motifs is 1. The smallest absolute Gasteiger partial charge is 0.326 e. The van der Waals surface area contributed by atoms with Crippen molar-refractivity contribution in [1.29, 1.82) is 0 Å². The number of aromatic nitrogens is 1. The molecule has 3 rings (SSSR count). The fraction of sp³-hybridized carbons (Fsp3) is 0.143. The van der Waals surface area contributed by atoms with Crippen molar-refractivity contribution in [3.05, 3.63) is 71.9 Å². The molecule has 6 nitrogen and oxygen atoms in total. The van der Waals surface area contributed by atoms with Gasteiger partial charge in [0.1, 0.15) is 11.8 Å². The van der Waals surface area contributed by atoms with Crippen LogP contribution >= 0.6 is 0 Å². The van der Waals surface area contributed by atoms with E-state index < -0.39 is 17.9 Å². The summed E-state index contributed by atoms with van der Waals surface area (Å²) in [5.74, 6) is -1.59. The molecular weight excluding hydrogens is 344 g/mol. The standard InChI is InChI=1S/C21H20N2O4/c1-23-13-15(16-7-3-4-8-18(16)23)12-17(21(26)27)22-20(25)11-10-14-6-2-5-9-19(14)24/h2-11,13,17,24H,12H2,1H3,(H,22,25)(H,26,27)/b11-10+/t17-/m0/s1. The molecule has 3 aromatic rings. The van der Waals surface area contributed by atoms with Gasteiger partial charge in [-0.3, -0.25) is 4.79 Å². The number of carboxylic acid groups (broad SMARTS) is 1. The van der Waals surface area contributed by atoms with Crippen molar-refractivity contribution in [2.75, 3.05) is 0 Å². The summed E-state index contributed by atoms with van der Waals surface area (Å²) in [5.41, 5.74) is 2.33. The van der Waals surface area contributed by atoms with Crippen LogP contribution in [0.2, 0.25) is 0 Å². The zero-order valence-corrected chi connectivity index (χ0v) is 14.8. The molecule has 138 valence electrons. The van der Waals surface area contributed by atoms with E-state index in [1.807, 2.05) is 42.1 Å². The summed E-state index contributed by atoms with van der Waals surface area (Å²) in [6, 6.07) is 13.2. The van der Waals surface area contributed by atoms with E-state index in [0.29, 0.717) is 5.56 Å². The third-order valence-corrected chi connectivity index (χ3v) is 4.37. The van der Waals surface area contributed by atoms with E-state index in [0.717, 1.165) is 16.5 Å². The van der Waals surface area contributed by atoms with E-state index in [4.69, 9.17) is 0 Å². The van der Waals surface area contributed by atoms with Gasteiger partial charge >= 0.3 is 5.97 Å². The van der Waals surface area contributed by atoms with Crippen molar-refractivity contribution in [3.8, 4) is 5.75 Å². The molecule has 0 saturated carbocycles. The quantitative estimate of drug-likeness (QED) is 0.587. The molecule has 0 aliphatic heterocycles. The Hall–Kier alpha value is -3.54. The number of carboxylic acids is 1. The predicted molar refractivity (Wildman–Crippen MR) is 103 cm³/mol. The van der Waals surface area contributed by atoms with E-state index in [2.05, 4.69) is 5.32 Å². The van der Waals surface area contributed by atoms with Crippen molar-refractivity contribution in [2.45, 2.75) is 12.5 Å². The highest BCUT2D eigenvalue weighted by Gasteiger charge is 2.21. The molecule has 2 aromatic carbocycles. The molecule has 0 spiro atoms. The first-order chi connectivity index (χ1) is 13.0. The van der Waals surface area contributed by atoms with Crippen LogP contribution in [0.15, 0.2) is 60.8 Å². The highest BCUT2D eigenvalue weighted by atomic mass is 16.4. The molecule has 1 atom stereocenters. The van der Waals surface area contributed by atoms with Gasteiger partial charge < -0.3 is 20.1 Å². The largest absolute Gasteiger partial charge is 0.507 e. The summed E-state index contributed by atoms with van der Waals surface area (Å²) in [4.78, 5) is 23.8. The van der Waals surface area contributed by atoms with Crippen LogP contribution in [0.3, 0.4) is 0 Å². The number of carbonyl (C=O) groups excluding carboxylic acids is 1. The second kappa shape index (κ2) is 7.78. The molecule has 0 aliphatic carbocycles. The van der Waals surface area contributed by atoms with E-state index in [9.17, 15) is 19.8 Å². The van der Waals surface area contributed by atoms with Gasteiger partial charge in [0.15, 0.2) is 0 Å². The van der Waals surface area contributed by atoms with Crippen LogP contribution in [0.5, 0.6) is 5.75 Å². The van der Waals surface area contributed by atoms with E-state index >= 15 is 0 Å². The van der Waals surface area contributed by atoms with Gasteiger partial charge in [-0.25, -0.2) is 4.79 Å². The first-order valence-electron chi connectivity index (χ1n) is 8.48. The number of aryl methyl sites for hydroxylation is 1. The molecule has 1 aromatic heterocycles. The molecule has 0 aliphatic rings. The molecule has 1 amide bonds. The number of benzene rings is 2. The van der Waals surface area contributed by atoms with E-state index in [1.54, 1.807) is 18.2 Å². The van der Waals surface area contributed by atoms with Gasteiger partial charge in [0.2, 0.25) is 5.91 Å². The third-order valence-electron chi connectivity index (χ3n) is 4.37. The minimum Gasteiger partial charge on any atom is -0.507 e. The third kappa shape index (κ3) is 4.17. The van der Waals surface area contributed by atoms with Crippen molar-refractivity contribution in [1.82, 2.24) is 9.88 Å². The van der Waals surface area contributed by atoms with Crippen LogP contribution in [0.4, 0.5) is 0 Å². The van der Waals surface area contributed by atoms with Gasteiger partial charge in [-0.05, 0) is 23.8 Å². The lowest BCUT2D eigenvalue weighted by molar-refractivity contribution is -0.141. The number of nitrogens with one attached hydrogen (secondary N) is 1. The average Bonchev–Trinajstić information content (AvgIpc) is 2.96. The van der Waals surface area contributed by atoms with Gasteiger partial charge in [-0.2, -0.15) is 0 Å². The lowest BCUT2D eigenvalue weighted by atomic mass is 10.0. The van der Waals surface area contributed by atoms with E-state index in [1.165, 1.54) is 18.2 Å². The van der Waals surface area contributed by atoms with Crippen molar-refractivity contribution >= 4 is 28.9 Å². The minimum absolute atomic E-state index is 0.0482. The Morgan fingerprint density at radius 3 is 2.59 bits per heavy atom. The van der Waals surface area contributed by atoms with Gasteiger partial charge in [-0.15, -0.1) is 0 Å². The zero-order valence-electron chi connectivity index (χ0n) is 14.8. The SMILES string of the molecule is Cn1cc(C[C@H](NC(=O)/C=C/c2ccccc2O)C(=O)O)c2ccccc21.